The van der Waals surface area contributed by atoms with E-state index < -0.39 is 11.6 Å². The van der Waals surface area contributed by atoms with E-state index >= 15 is 0 Å². The van der Waals surface area contributed by atoms with Gasteiger partial charge in [0.15, 0.2) is 0 Å². The molecule has 4 fully saturated rings. The summed E-state index contributed by atoms with van der Waals surface area (Å²) in [5.41, 5.74) is 0.980. The molecule has 1 unspecified atom stereocenters. The number of amides is 4. The molecule has 1 spiro atoms. The van der Waals surface area contributed by atoms with Crippen molar-refractivity contribution in [2.45, 2.75) is 81.8 Å². The molecular formula is C36H47ClN6O4. The van der Waals surface area contributed by atoms with E-state index in [1.165, 1.54) is 6.42 Å². The summed E-state index contributed by atoms with van der Waals surface area (Å²) in [4.78, 5) is 60.4. The van der Waals surface area contributed by atoms with E-state index in [2.05, 4.69) is 20.9 Å². The van der Waals surface area contributed by atoms with Crippen molar-refractivity contribution in [3.63, 3.8) is 0 Å². The van der Waals surface area contributed by atoms with E-state index in [1.54, 1.807) is 21.9 Å². The number of halogens is 1. The third-order valence-corrected chi connectivity index (χ3v) is 10.7. The highest BCUT2D eigenvalue weighted by molar-refractivity contribution is 6.30. The summed E-state index contributed by atoms with van der Waals surface area (Å²) in [6.45, 7) is 2.66. The zero-order chi connectivity index (χ0) is 32.8. The van der Waals surface area contributed by atoms with Gasteiger partial charge in [0.1, 0.15) is 18.1 Å². The number of nitrogens with one attached hydrogen (secondary N) is 3. The van der Waals surface area contributed by atoms with Gasteiger partial charge in [-0.15, -0.1) is 0 Å². The molecule has 1 saturated carbocycles. The summed E-state index contributed by atoms with van der Waals surface area (Å²) >= 11 is 6.12. The van der Waals surface area contributed by atoms with Gasteiger partial charge in [0.25, 0.3) is 5.91 Å². The second-order valence-electron chi connectivity index (χ2n) is 13.6. The van der Waals surface area contributed by atoms with Gasteiger partial charge in [0, 0.05) is 42.2 Å². The lowest BCUT2D eigenvalue weighted by Gasteiger charge is -2.44. The summed E-state index contributed by atoms with van der Waals surface area (Å²) in [5.74, 6) is -0.534. The Hall–Kier alpha value is -3.63. The number of rotatable bonds is 9. The summed E-state index contributed by atoms with van der Waals surface area (Å²) in [7, 11) is 0. The number of hydrogen-bond acceptors (Lipinski definition) is 6. The van der Waals surface area contributed by atoms with Gasteiger partial charge in [0.05, 0.1) is 6.67 Å². The number of anilines is 1. The molecule has 3 N–H and O–H groups in total. The number of piperidine rings is 2. The first-order chi connectivity index (χ1) is 22.8. The van der Waals surface area contributed by atoms with Crippen LogP contribution in [0.3, 0.4) is 0 Å². The van der Waals surface area contributed by atoms with Gasteiger partial charge < -0.3 is 30.7 Å². The Morgan fingerprint density at radius 1 is 0.915 bits per heavy atom. The molecule has 252 valence electrons. The van der Waals surface area contributed by atoms with Crippen LogP contribution in [0.5, 0.6) is 0 Å². The third-order valence-electron chi connectivity index (χ3n) is 10.5. The van der Waals surface area contributed by atoms with Crippen LogP contribution in [0, 0.1) is 5.92 Å². The fourth-order valence-corrected chi connectivity index (χ4v) is 7.89. The monoisotopic (exact) mass is 662 g/mol. The minimum absolute atomic E-state index is 0.0228. The van der Waals surface area contributed by atoms with Crippen molar-refractivity contribution in [2.75, 3.05) is 44.3 Å². The van der Waals surface area contributed by atoms with Crippen molar-refractivity contribution < 1.29 is 19.2 Å². The average molecular weight is 663 g/mol. The fourth-order valence-electron chi connectivity index (χ4n) is 7.76. The van der Waals surface area contributed by atoms with E-state index in [1.807, 2.05) is 42.5 Å². The van der Waals surface area contributed by atoms with Crippen LogP contribution >= 0.6 is 11.6 Å². The van der Waals surface area contributed by atoms with E-state index in [-0.39, 0.29) is 42.1 Å². The molecule has 2 aromatic rings. The molecule has 3 saturated heterocycles. The van der Waals surface area contributed by atoms with Crippen molar-refractivity contribution in [3.8, 4) is 0 Å². The molecule has 4 aliphatic rings. The zero-order valence-electron chi connectivity index (χ0n) is 27.1. The van der Waals surface area contributed by atoms with Crippen molar-refractivity contribution in [1.29, 1.82) is 0 Å². The highest BCUT2D eigenvalue weighted by Gasteiger charge is 2.54. The first-order valence-electron chi connectivity index (χ1n) is 17.3. The number of carbonyl (C=O) groups excluding carboxylic acids is 4. The van der Waals surface area contributed by atoms with Gasteiger partial charge in [-0.3, -0.25) is 19.2 Å². The Morgan fingerprint density at radius 3 is 2.28 bits per heavy atom. The average Bonchev–Trinajstić information content (AvgIpc) is 3.36. The minimum atomic E-state index is -0.854. The Morgan fingerprint density at radius 2 is 1.60 bits per heavy atom. The van der Waals surface area contributed by atoms with Crippen molar-refractivity contribution >= 4 is 40.9 Å². The van der Waals surface area contributed by atoms with Crippen LogP contribution in [0.15, 0.2) is 54.6 Å². The number of likely N-dealkylation sites (tertiary alicyclic amines) is 1. The lowest BCUT2D eigenvalue weighted by atomic mass is 9.85. The Bertz CT molecular complexity index is 1400. The normalized spacial score (nSPS) is 21.1. The number of para-hydroxylation sites is 1. The van der Waals surface area contributed by atoms with Gasteiger partial charge in [-0.2, -0.15) is 0 Å². The number of benzene rings is 2. The predicted molar refractivity (Wildman–Crippen MR) is 182 cm³/mol. The largest absolute Gasteiger partial charge is 0.352 e. The van der Waals surface area contributed by atoms with Gasteiger partial charge in [-0.1, -0.05) is 61.2 Å². The summed E-state index contributed by atoms with van der Waals surface area (Å²) in [5, 5.41) is 10.2. The van der Waals surface area contributed by atoms with Crippen LogP contribution in [-0.2, 0) is 25.6 Å². The lowest BCUT2D eigenvalue weighted by molar-refractivity contribution is -0.142. The molecule has 10 nitrogen and oxygen atoms in total. The smallest absolute Gasteiger partial charge is 0.250 e. The molecule has 47 heavy (non-hydrogen) atoms. The summed E-state index contributed by atoms with van der Waals surface area (Å²) in [6.07, 6.45) is 8.13. The van der Waals surface area contributed by atoms with Crippen molar-refractivity contribution in [3.05, 3.63) is 65.2 Å². The van der Waals surface area contributed by atoms with Crippen LogP contribution in [0.1, 0.15) is 63.4 Å². The Balaban J connectivity index is 1.16. The summed E-state index contributed by atoms with van der Waals surface area (Å²) in [6, 6.07) is 16.7. The SMILES string of the molecule is O=C(CN1CN(c2ccccc2)C2(CCN(C(=O)C(Cc3ccc(Cl)cc3)NC(=O)C3CCNCC3)CC2)C1=O)NC1CCCCC1. The second-order valence-corrected chi connectivity index (χ2v) is 14.0. The molecule has 0 aromatic heterocycles. The zero-order valence-corrected chi connectivity index (χ0v) is 27.9. The highest BCUT2D eigenvalue weighted by atomic mass is 35.5. The number of nitrogens with zero attached hydrogens (tertiary/aromatic N) is 3. The fraction of sp³-hybridized carbons (Fsp3) is 0.556. The maximum atomic E-state index is 14.2. The molecule has 0 bridgehead atoms. The molecule has 2 aromatic carbocycles. The van der Waals surface area contributed by atoms with E-state index in [0.29, 0.717) is 44.0 Å². The third kappa shape index (κ3) is 7.75. The van der Waals surface area contributed by atoms with Gasteiger partial charge in [0.2, 0.25) is 17.7 Å². The molecule has 0 radical (unpaired) electrons. The molecule has 4 amide bonds. The molecule has 1 aliphatic carbocycles. The molecule has 11 heteroatoms. The van der Waals surface area contributed by atoms with Crippen molar-refractivity contribution in [2.24, 2.45) is 5.92 Å². The molecule has 1 atom stereocenters. The summed E-state index contributed by atoms with van der Waals surface area (Å²) < 4.78 is 0. The molecule has 6 rings (SSSR count). The quantitative estimate of drug-likeness (QED) is 0.379. The first kappa shape index (κ1) is 33.3. The van der Waals surface area contributed by atoms with Crippen LogP contribution in [0.2, 0.25) is 5.02 Å². The number of carbonyl (C=O) groups is 4. The van der Waals surface area contributed by atoms with Crippen LogP contribution < -0.4 is 20.9 Å². The van der Waals surface area contributed by atoms with Crippen LogP contribution in [-0.4, -0.2) is 90.4 Å². The predicted octanol–water partition coefficient (Wildman–Crippen LogP) is 3.48. The van der Waals surface area contributed by atoms with Gasteiger partial charge in [-0.05, 0) is 81.4 Å². The van der Waals surface area contributed by atoms with E-state index in [9.17, 15) is 19.2 Å². The van der Waals surface area contributed by atoms with E-state index in [0.717, 1.165) is 62.9 Å². The molecule has 3 aliphatic heterocycles. The highest BCUT2D eigenvalue weighted by Crippen LogP contribution is 2.39. The first-order valence-corrected chi connectivity index (χ1v) is 17.7. The maximum Gasteiger partial charge on any atom is 0.250 e. The Labute approximate surface area is 282 Å². The lowest BCUT2D eigenvalue weighted by Crippen LogP contribution is -2.60. The molecular weight excluding hydrogens is 616 g/mol. The standard InChI is InChI=1S/C36H47ClN6O4/c37-28-13-11-26(12-14-28)23-31(40-33(45)27-15-19-38-20-16-27)34(46)41-21-17-36(18-22-41)35(47)42(25-43(36)30-9-5-2-6-10-30)24-32(44)39-29-7-3-1-4-8-29/h2,5-6,9-14,27,29,31,38H,1,3-4,7-8,15-25H2,(H,39,44)(H,40,45). The van der Waals surface area contributed by atoms with Crippen LogP contribution in [0.25, 0.3) is 0 Å². The van der Waals surface area contributed by atoms with Gasteiger partial charge in [-0.25, -0.2) is 0 Å². The topological polar surface area (TPSA) is 114 Å². The maximum absolute atomic E-state index is 14.2. The van der Waals surface area contributed by atoms with E-state index in [4.69, 9.17) is 11.6 Å². The minimum Gasteiger partial charge on any atom is -0.352 e. The Kier molecular flexibility index (Phi) is 10.7. The van der Waals surface area contributed by atoms with Crippen LogP contribution in [0.4, 0.5) is 5.69 Å². The molecule has 3 heterocycles. The number of hydrogen-bond donors (Lipinski definition) is 3. The van der Waals surface area contributed by atoms with Gasteiger partial charge >= 0.3 is 0 Å². The second kappa shape index (κ2) is 15.1. The van der Waals surface area contributed by atoms with Crippen molar-refractivity contribution in [1.82, 2.24) is 25.8 Å².